The molecule has 1 heterocycles. The van der Waals surface area contributed by atoms with Gasteiger partial charge < -0.3 is 9.73 Å². The highest BCUT2D eigenvalue weighted by Gasteiger charge is 2.29. The van der Waals surface area contributed by atoms with Gasteiger partial charge in [-0.25, -0.2) is 0 Å². The zero-order valence-electron chi connectivity index (χ0n) is 11.7. The molecular formula is C15H25NOS. The molecule has 2 rings (SSSR count). The molecule has 1 aliphatic carbocycles. The average Bonchev–Trinajstić information content (AvgIpc) is 2.74. The van der Waals surface area contributed by atoms with Crippen molar-refractivity contribution in [2.45, 2.75) is 62.6 Å². The first-order valence-corrected chi connectivity index (χ1v) is 8.02. The predicted molar refractivity (Wildman–Crippen MR) is 78.2 cm³/mol. The molecule has 3 unspecified atom stereocenters. The quantitative estimate of drug-likeness (QED) is 0.864. The third-order valence-corrected chi connectivity index (χ3v) is 5.30. The van der Waals surface area contributed by atoms with Gasteiger partial charge in [0.05, 0.1) is 6.26 Å². The fourth-order valence-corrected chi connectivity index (χ4v) is 4.18. The van der Waals surface area contributed by atoms with Crippen molar-refractivity contribution in [3.05, 3.63) is 18.1 Å². The third-order valence-electron chi connectivity index (χ3n) is 3.80. The first kappa shape index (κ1) is 14.0. The molecule has 0 saturated heterocycles. The Kier molecular flexibility index (Phi) is 5.19. The summed E-state index contributed by atoms with van der Waals surface area (Å²) in [5.41, 5.74) is 0. The fraction of sp³-hybridized carbons (Fsp3) is 0.733. The second-order valence-electron chi connectivity index (χ2n) is 5.48. The minimum Gasteiger partial charge on any atom is -0.468 e. The Morgan fingerprint density at radius 3 is 2.94 bits per heavy atom. The Hall–Kier alpha value is -0.410. The van der Waals surface area contributed by atoms with Gasteiger partial charge in [-0.3, -0.25) is 0 Å². The van der Waals surface area contributed by atoms with Gasteiger partial charge in [0.1, 0.15) is 5.76 Å². The number of aryl methyl sites for hydroxylation is 1. The highest BCUT2D eigenvalue weighted by atomic mass is 32.2. The van der Waals surface area contributed by atoms with Crippen LogP contribution in [0.25, 0.3) is 0 Å². The van der Waals surface area contributed by atoms with Crippen molar-refractivity contribution in [3.63, 3.8) is 0 Å². The summed E-state index contributed by atoms with van der Waals surface area (Å²) in [6, 6.07) is 2.77. The lowest BCUT2D eigenvalue weighted by molar-refractivity contribution is 0.317. The Morgan fingerprint density at radius 2 is 2.28 bits per heavy atom. The molecule has 0 aromatic carbocycles. The van der Waals surface area contributed by atoms with E-state index >= 15 is 0 Å². The molecule has 1 fully saturated rings. The third kappa shape index (κ3) is 3.55. The van der Waals surface area contributed by atoms with Crippen LogP contribution in [0.15, 0.2) is 21.6 Å². The zero-order chi connectivity index (χ0) is 13.0. The maximum atomic E-state index is 5.41. The molecule has 1 N–H and O–H groups in total. The summed E-state index contributed by atoms with van der Waals surface area (Å²) < 4.78 is 5.41. The van der Waals surface area contributed by atoms with Gasteiger partial charge in [-0.2, -0.15) is 0 Å². The molecule has 3 heteroatoms. The second-order valence-corrected chi connectivity index (χ2v) is 6.76. The molecule has 0 spiro atoms. The van der Waals surface area contributed by atoms with Gasteiger partial charge >= 0.3 is 0 Å². The molecule has 18 heavy (non-hydrogen) atoms. The van der Waals surface area contributed by atoms with E-state index in [9.17, 15) is 0 Å². The summed E-state index contributed by atoms with van der Waals surface area (Å²) in [4.78, 5) is 1.32. The maximum absolute atomic E-state index is 5.41. The zero-order valence-corrected chi connectivity index (χ0v) is 12.6. The molecule has 1 saturated carbocycles. The van der Waals surface area contributed by atoms with Gasteiger partial charge in [-0.15, -0.1) is 11.8 Å². The lowest BCUT2D eigenvalue weighted by Gasteiger charge is -2.35. The number of hydrogen-bond donors (Lipinski definition) is 1. The van der Waals surface area contributed by atoms with Crippen LogP contribution >= 0.6 is 11.8 Å². The minimum atomic E-state index is 0.667. The number of hydrogen-bond acceptors (Lipinski definition) is 3. The molecule has 1 aromatic heterocycles. The van der Waals surface area contributed by atoms with Crippen LogP contribution in [-0.4, -0.2) is 17.8 Å². The van der Waals surface area contributed by atoms with Crippen LogP contribution in [0.3, 0.4) is 0 Å². The lowest BCUT2D eigenvalue weighted by Crippen LogP contribution is -2.42. The Balaban J connectivity index is 1.98. The highest BCUT2D eigenvalue weighted by Crippen LogP contribution is 2.37. The first-order chi connectivity index (χ1) is 8.70. The van der Waals surface area contributed by atoms with E-state index in [4.69, 9.17) is 4.42 Å². The number of rotatable bonds is 5. The van der Waals surface area contributed by atoms with Crippen molar-refractivity contribution in [1.29, 1.82) is 0 Å². The molecule has 1 aliphatic rings. The van der Waals surface area contributed by atoms with Crippen LogP contribution in [0.4, 0.5) is 0 Å². The summed E-state index contributed by atoms with van der Waals surface area (Å²) in [5, 5.41) is 4.41. The number of furan rings is 1. The van der Waals surface area contributed by atoms with Crippen LogP contribution in [-0.2, 0) is 0 Å². The van der Waals surface area contributed by atoms with Crippen LogP contribution in [0.1, 0.15) is 45.3 Å². The molecule has 0 radical (unpaired) electrons. The van der Waals surface area contributed by atoms with Crippen molar-refractivity contribution in [1.82, 2.24) is 5.32 Å². The lowest BCUT2D eigenvalue weighted by atomic mass is 9.87. The summed E-state index contributed by atoms with van der Waals surface area (Å²) in [6.45, 7) is 7.82. The second kappa shape index (κ2) is 6.67. The number of nitrogens with one attached hydrogen (secondary N) is 1. The fourth-order valence-electron chi connectivity index (χ4n) is 2.68. The number of thioether (sulfide) groups is 1. The predicted octanol–water partition coefficient (Wildman–Crippen LogP) is 4.24. The van der Waals surface area contributed by atoms with Crippen LogP contribution in [0.2, 0.25) is 0 Å². The summed E-state index contributed by atoms with van der Waals surface area (Å²) in [7, 11) is 0. The van der Waals surface area contributed by atoms with Gasteiger partial charge in [-0.1, -0.05) is 13.8 Å². The SMILES string of the molecule is CCCNC1CCC(C)CC1Sc1ccoc1C. The van der Waals surface area contributed by atoms with Crippen molar-refractivity contribution in [2.75, 3.05) is 6.54 Å². The molecular weight excluding hydrogens is 242 g/mol. The van der Waals surface area contributed by atoms with E-state index in [1.165, 1.54) is 30.6 Å². The van der Waals surface area contributed by atoms with E-state index in [2.05, 4.69) is 32.2 Å². The highest BCUT2D eigenvalue weighted by molar-refractivity contribution is 8.00. The van der Waals surface area contributed by atoms with E-state index in [1.807, 2.05) is 11.8 Å². The Labute approximate surface area is 115 Å². The van der Waals surface area contributed by atoms with Crippen molar-refractivity contribution < 1.29 is 4.42 Å². The monoisotopic (exact) mass is 267 g/mol. The van der Waals surface area contributed by atoms with Crippen LogP contribution in [0, 0.1) is 12.8 Å². The molecule has 3 atom stereocenters. The van der Waals surface area contributed by atoms with Crippen LogP contribution < -0.4 is 5.32 Å². The normalized spacial score (nSPS) is 28.5. The standard InChI is InChI=1S/C15H25NOS/c1-4-8-16-13-6-5-11(2)10-15(13)18-14-7-9-17-12(14)3/h7,9,11,13,15-16H,4-6,8,10H2,1-3H3. The summed E-state index contributed by atoms with van der Waals surface area (Å²) in [6.07, 6.45) is 7.02. The Morgan fingerprint density at radius 1 is 1.44 bits per heavy atom. The first-order valence-electron chi connectivity index (χ1n) is 7.14. The van der Waals surface area contributed by atoms with Crippen LogP contribution in [0.5, 0.6) is 0 Å². The molecule has 0 aliphatic heterocycles. The van der Waals surface area contributed by atoms with Crippen molar-refractivity contribution in [2.24, 2.45) is 5.92 Å². The maximum Gasteiger partial charge on any atom is 0.114 e. The molecule has 0 bridgehead atoms. The Bertz CT molecular complexity index is 361. The van der Waals surface area contributed by atoms with Crippen molar-refractivity contribution >= 4 is 11.8 Å². The molecule has 2 nitrogen and oxygen atoms in total. The topological polar surface area (TPSA) is 25.2 Å². The van der Waals surface area contributed by atoms with E-state index in [-0.39, 0.29) is 0 Å². The van der Waals surface area contributed by atoms with E-state index in [1.54, 1.807) is 6.26 Å². The van der Waals surface area contributed by atoms with Gasteiger partial charge in [0.15, 0.2) is 0 Å². The van der Waals surface area contributed by atoms with E-state index in [0.717, 1.165) is 18.2 Å². The van der Waals surface area contributed by atoms with E-state index in [0.29, 0.717) is 11.3 Å². The van der Waals surface area contributed by atoms with Gasteiger partial charge in [-0.05, 0) is 51.1 Å². The summed E-state index contributed by atoms with van der Waals surface area (Å²) >= 11 is 2.00. The largest absolute Gasteiger partial charge is 0.468 e. The summed E-state index contributed by atoms with van der Waals surface area (Å²) in [5.74, 6) is 1.92. The average molecular weight is 267 g/mol. The van der Waals surface area contributed by atoms with E-state index < -0.39 is 0 Å². The van der Waals surface area contributed by atoms with Gasteiger partial charge in [0.2, 0.25) is 0 Å². The molecule has 0 amide bonds. The minimum absolute atomic E-state index is 0.667. The molecule has 1 aromatic rings. The smallest absolute Gasteiger partial charge is 0.114 e. The van der Waals surface area contributed by atoms with Crippen molar-refractivity contribution in [3.8, 4) is 0 Å². The van der Waals surface area contributed by atoms with Gasteiger partial charge in [0.25, 0.3) is 0 Å². The van der Waals surface area contributed by atoms with Gasteiger partial charge in [0, 0.05) is 16.2 Å². The molecule has 102 valence electrons.